The van der Waals surface area contributed by atoms with Crippen molar-refractivity contribution < 1.29 is 9.59 Å². The molecule has 2 aromatic rings. The van der Waals surface area contributed by atoms with Crippen LogP contribution in [0.3, 0.4) is 0 Å². The summed E-state index contributed by atoms with van der Waals surface area (Å²) in [5, 5.41) is 0.471. The Kier molecular flexibility index (Phi) is 3.30. The average molecular weight is 300 g/mol. The summed E-state index contributed by atoms with van der Waals surface area (Å²) < 4.78 is 0. The highest BCUT2D eigenvalue weighted by Gasteiger charge is 2.39. The third-order valence-corrected chi connectivity index (χ3v) is 4.01. The third-order valence-electron chi connectivity index (χ3n) is 3.78. The van der Waals surface area contributed by atoms with Crippen molar-refractivity contribution in [2.24, 2.45) is 0 Å². The zero-order valence-electron chi connectivity index (χ0n) is 11.8. The summed E-state index contributed by atoms with van der Waals surface area (Å²) >= 11 is 5.92. The molecule has 0 N–H and O–H groups in total. The first kappa shape index (κ1) is 13.8. The van der Waals surface area contributed by atoms with E-state index in [1.54, 1.807) is 18.2 Å². The topological polar surface area (TPSA) is 37.4 Å². The Bertz CT molecular complexity index is 735. The number of ketones is 2. The van der Waals surface area contributed by atoms with Gasteiger partial charge in [-0.25, -0.2) is 0 Å². The molecule has 0 heterocycles. The van der Waals surface area contributed by atoms with E-state index < -0.39 is 5.92 Å². The highest BCUT2D eigenvalue weighted by Crippen LogP contribution is 2.35. The zero-order chi connectivity index (χ0) is 15.1. The van der Waals surface area contributed by atoms with Crippen LogP contribution < -0.4 is 4.90 Å². The minimum atomic E-state index is -0.741. The molecular weight excluding hydrogens is 286 g/mol. The number of hydrogen-bond acceptors (Lipinski definition) is 3. The van der Waals surface area contributed by atoms with Gasteiger partial charge in [0.25, 0.3) is 0 Å². The maximum Gasteiger partial charge on any atom is 0.178 e. The van der Waals surface area contributed by atoms with E-state index in [0.717, 1.165) is 11.3 Å². The van der Waals surface area contributed by atoms with Crippen molar-refractivity contribution >= 4 is 28.9 Å². The minimum Gasteiger partial charge on any atom is -0.378 e. The predicted octanol–water partition coefficient (Wildman–Crippen LogP) is 3.57. The van der Waals surface area contributed by atoms with E-state index in [0.29, 0.717) is 16.1 Å². The molecule has 1 aliphatic carbocycles. The number of halogens is 1. The number of fused-ring (bicyclic) bond motifs is 1. The first-order valence-electron chi connectivity index (χ1n) is 6.64. The minimum absolute atomic E-state index is 0.149. The van der Waals surface area contributed by atoms with Crippen LogP contribution in [-0.4, -0.2) is 25.7 Å². The summed E-state index contributed by atoms with van der Waals surface area (Å²) in [5.41, 5.74) is 2.64. The molecule has 2 aromatic carbocycles. The van der Waals surface area contributed by atoms with E-state index in [2.05, 4.69) is 0 Å². The number of rotatable bonds is 2. The van der Waals surface area contributed by atoms with Gasteiger partial charge in [-0.2, -0.15) is 0 Å². The molecule has 1 atom stereocenters. The second kappa shape index (κ2) is 5.01. The monoisotopic (exact) mass is 299 g/mol. The summed E-state index contributed by atoms with van der Waals surface area (Å²) in [6, 6.07) is 12.3. The van der Waals surface area contributed by atoms with Crippen LogP contribution >= 0.6 is 11.6 Å². The molecule has 0 saturated heterocycles. The van der Waals surface area contributed by atoms with E-state index >= 15 is 0 Å². The van der Waals surface area contributed by atoms with Crippen molar-refractivity contribution in [2.75, 3.05) is 19.0 Å². The van der Waals surface area contributed by atoms with E-state index in [-0.39, 0.29) is 11.6 Å². The smallest absolute Gasteiger partial charge is 0.178 e. The van der Waals surface area contributed by atoms with Crippen molar-refractivity contribution in [1.82, 2.24) is 0 Å². The molecule has 0 aliphatic heterocycles. The van der Waals surface area contributed by atoms with E-state index in [4.69, 9.17) is 11.6 Å². The molecule has 21 heavy (non-hydrogen) atoms. The molecule has 0 fully saturated rings. The Labute approximate surface area is 128 Å². The van der Waals surface area contributed by atoms with E-state index in [9.17, 15) is 9.59 Å². The SMILES string of the molecule is CN(C)c1ccc(C2C(=O)c3ccc(Cl)cc3C2=O)cc1. The molecule has 3 rings (SSSR count). The number of nitrogens with zero attached hydrogens (tertiary/aromatic N) is 1. The maximum atomic E-state index is 12.5. The lowest BCUT2D eigenvalue weighted by Gasteiger charge is -2.14. The molecule has 1 unspecified atom stereocenters. The Hall–Kier alpha value is -2.13. The fraction of sp³-hybridized carbons (Fsp3) is 0.176. The van der Waals surface area contributed by atoms with Crippen LogP contribution in [0, 0.1) is 0 Å². The van der Waals surface area contributed by atoms with Gasteiger partial charge >= 0.3 is 0 Å². The first-order valence-corrected chi connectivity index (χ1v) is 7.02. The Morgan fingerprint density at radius 2 is 1.52 bits per heavy atom. The number of anilines is 1. The van der Waals surface area contributed by atoms with E-state index in [1.165, 1.54) is 0 Å². The molecular formula is C17H14ClNO2. The summed E-state index contributed by atoms with van der Waals surface area (Å²) in [6.07, 6.45) is 0. The van der Waals surface area contributed by atoms with Crippen molar-refractivity contribution in [3.8, 4) is 0 Å². The average Bonchev–Trinajstić information content (AvgIpc) is 2.70. The van der Waals surface area contributed by atoms with Crippen molar-refractivity contribution in [3.05, 3.63) is 64.2 Å². The molecule has 1 aliphatic rings. The first-order chi connectivity index (χ1) is 9.99. The predicted molar refractivity (Wildman–Crippen MR) is 83.6 cm³/mol. The van der Waals surface area contributed by atoms with Gasteiger partial charge in [0.05, 0.1) is 0 Å². The van der Waals surface area contributed by atoms with Gasteiger partial charge in [-0.1, -0.05) is 23.7 Å². The maximum absolute atomic E-state index is 12.5. The normalized spacial score (nSPS) is 17.0. The van der Waals surface area contributed by atoms with Crippen molar-refractivity contribution in [2.45, 2.75) is 5.92 Å². The fourth-order valence-corrected chi connectivity index (χ4v) is 2.81. The molecule has 0 aromatic heterocycles. The lowest BCUT2D eigenvalue weighted by molar-refractivity contribution is 0.0890. The second-order valence-electron chi connectivity index (χ2n) is 5.34. The highest BCUT2D eigenvalue weighted by molar-refractivity contribution is 6.34. The van der Waals surface area contributed by atoms with Gasteiger partial charge in [0, 0.05) is 35.9 Å². The molecule has 0 saturated carbocycles. The molecule has 0 bridgehead atoms. The van der Waals surface area contributed by atoms with Gasteiger partial charge < -0.3 is 4.90 Å². The number of benzene rings is 2. The van der Waals surface area contributed by atoms with Gasteiger partial charge in [-0.15, -0.1) is 0 Å². The largest absolute Gasteiger partial charge is 0.378 e. The quantitative estimate of drug-likeness (QED) is 0.796. The summed E-state index contributed by atoms with van der Waals surface area (Å²) in [7, 11) is 3.89. The summed E-state index contributed by atoms with van der Waals surface area (Å²) in [5.74, 6) is -1.06. The second-order valence-corrected chi connectivity index (χ2v) is 5.77. The molecule has 0 spiro atoms. The van der Waals surface area contributed by atoms with E-state index in [1.807, 2.05) is 43.3 Å². The van der Waals surface area contributed by atoms with Gasteiger partial charge in [0.2, 0.25) is 0 Å². The highest BCUT2D eigenvalue weighted by atomic mass is 35.5. The van der Waals surface area contributed by atoms with Crippen LogP contribution in [0.1, 0.15) is 32.2 Å². The fourth-order valence-electron chi connectivity index (χ4n) is 2.63. The number of hydrogen-bond donors (Lipinski definition) is 0. The number of carbonyl (C=O) groups is 2. The Morgan fingerprint density at radius 1 is 0.905 bits per heavy atom. The van der Waals surface area contributed by atoms with Gasteiger partial charge in [-0.3, -0.25) is 9.59 Å². The molecule has 4 heteroatoms. The molecule has 3 nitrogen and oxygen atoms in total. The van der Waals surface area contributed by atoms with Gasteiger partial charge in [-0.05, 0) is 35.9 Å². The lowest BCUT2D eigenvalue weighted by Crippen LogP contribution is -2.13. The van der Waals surface area contributed by atoms with Gasteiger partial charge in [0.15, 0.2) is 11.6 Å². The summed E-state index contributed by atoms with van der Waals surface area (Å²) in [4.78, 5) is 26.9. The van der Waals surface area contributed by atoms with Crippen molar-refractivity contribution in [1.29, 1.82) is 0 Å². The van der Waals surface area contributed by atoms with Crippen LogP contribution in [0.15, 0.2) is 42.5 Å². The Balaban J connectivity index is 2.01. The molecule has 0 amide bonds. The molecule has 0 radical (unpaired) electrons. The van der Waals surface area contributed by atoms with Crippen molar-refractivity contribution in [3.63, 3.8) is 0 Å². The van der Waals surface area contributed by atoms with Crippen LogP contribution in [0.5, 0.6) is 0 Å². The van der Waals surface area contributed by atoms with Crippen LogP contribution in [0.25, 0.3) is 0 Å². The standard InChI is InChI=1S/C17H14ClNO2/c1-19(2)12-6-3-10(4-7-12)15-16(20)13-8-5-11(18)9-14(13)17(15)21/h3-9,15H,1-2H3. The number of carbonyl (C=O) groups excluding carboxylic acids is 2. The van der Waals surface area contributed by atoms with Crippen LogP contribution in [-0.2, 0) is 0 Å². The zero-order valence-corrected chi connectivity index (χ0v) is 12.5. The molecule has 106 valence electrons. The summed E-state index contributed by atoms with van der Waals surface area (Å²) in [6.45, 7) is 0. The van der Waals surface area contributed by atoms with Crippen LogP contribution in [0.2, 0.25) is 5.02 Å². The van der Waals surface area contributed by atoms with Gasteiger partial charge in [0.1, 0.15) is 5.92 Å². The Morgan fingerprint density at radius 3 is 2.14 bits per heavy atom. The third kappa shape index (κ3) is 2.24. The lowest BCUT2D eigenvalue weighted by atomic mass is 9.94. The number of Topliss-reactive ketones (excluding diaryl/α,β-unsaturated/α-hetero) is 2. The van der Waals surface area contributed by atoms with Crippen LogP contribution in [0.4, 0.5) is 5.69 Å².